The number of carbonyl (C=O) groups excluding carboxylic acids is 2. The molecule has 0 fully saturated rings. The minimum absolute atomic E-state index is 0.0415. The van der Waals surface area contributed by atoms with Crippen molar-refractivity contribution in [1.82, 2.24) is 5.32 Å². The number of hydrogen-bond acceptors (Lipinski definition) is 5. The van der Waals surface area contributed by atoms with E-state index in [1.807, 2.05) is 45.0 Å². The van der Waals surface area contributed by atoms with Gasteiger partial charge in [-0.05, 0) is 60.5 Å². The quantitative estimate of drug-likeness (QED) is 0.610. The van der Waals surface area contributed by atoms with E-state index in [1.165, 1.54) is 0 Å². The number of esters is 1. The number of benzene rings is 1. The first-order valence-corrected chi connectivity index (χ1v) is 10.3. The van der Waals surface area contributed by atoms with Gasteiger partial charge in [0.2, 0.25) is 0 Å². The summed E-state index contributed by atoms with van der Waals surface area (Å²) in [6.45, 7) is 16.9. The van der Waals surface area contributed by atoms with E-state index in [4.69, 9.17) is 14.2 Å². The van der Waals surface area contributed by atoms with Crippen molar-refractivity contribution in [3.63, 3.8) is 0 Å². The van der Waals surface area contributed by atoms with Gasteiger partial charge in [-0.15, -0.1) is 0 Å². The van der Waals surface area contributed by atoms with Crippen LogP contribution in [-0.2, 0) is 14.3 Å². The first kappa shape index (κ1) is 24.8. The fraction of sp³-hybridized carbons (Fsp3) is 0.652. The zero-order chi connectivity index (χ0) is 22.4. The number of para-hydroxylation sites is 1. The lowest BCUT2D eigenvalue weighted by atomic mass is 9.84. The number of carbonyl (C=O) groups is 2. The highest BCUT2D eigenvalue weighted by Gasteiger charge is 2.30. The van der Waals surface area contributed by atoms with Gasteiger partial charge in [0.1, 0.15) is 23.5 Å². The van der Waals surface area contributed by atoms with Gasteiger partial charge < -0.3 is 19.5 Å². The summed E-state index contributed by atoms with van der Waals surface area (Å²) in [5, 5.41) is 2.53. The first-order valence-electron chi connectivity index (χ1n) is 10.3. The van der Waals surface area contributed by atoms with E-state index < -0.39 is 29.8 Å². The summed E-state index contributed by atoms with van der Waals surface area (Å²) in [6.07, 6.45) is -1.01. The topological polar surface area (TPSA) is 73.9 Å². The molecular formula is C23H37NO5. The summed E-state index contributed by atoms with van der Waals surface area (Å²) in [6, 6.07) is 7.02. The van der Waals surface area contributed by atoms with Crippen molar-refractivity contribution < 1.29 is 23.8 Å². The van der Waals surface area contributed by atoms with Gasteiger partial charge in [-0.25, -0.2) is 9.59 Å². The fourth-order valence-electron chi connectivity index (χ4n) is 3.17. The Kier molecular flexibility index (Phi) is 8.99. The lowest BCUT2D eigenvalue weighted by Crippen LogP contribution is -2.43. The first-order chi connectivity index (χ1) is 13.3. The number of amides is 1. The monoisotopic (exact) mass is 407 g/mol. The van der Waals surface area contributed by atoms with Gasteiger partial charge >= 0.3 is 12.1 Å². The molecule has 0 heterocycles. The molecule has 0 aliphatic heterocycles. The van der Waals surface area contributed by atoms with Gasteiger partial charge in [-0.2, -0.15) is 0 Å². The highest BCUT2D eigenvalue weighted by molar-refractivity contribution is 5.81. The third kappa shape index (κ3) is 8.34. The summed E-state index contributed by atoms with van der Waals surface area (Å²) >= 11 is 0. The van der Waals surface area contributed by atoms with Gasteiger partial charge in [0, 0.05) is 11.5 Å². The molecule has 0 bridgehead atoms. The Morgan fingerprint density at radius 3 is 2.07 bits per heavy atom. The average molecular weight is 408 g/mol. The smallest absolute Gasteiger partial charge is 0.408 e. The Bertz CT molecular complexity index is 678. The van der Waals surface area contributed by atoms with Crippen molar-refractivity contribution in [2.45, 2.75) is 92.1 Å². The molecule has 0 aliphatic carbocycles. The minimum atomic E-state index is -0.817. The number of ether oxygens (including phenoxy) is 3. The zero-order valence-corrected chi connectivity index (χ0v) is 19.2. The van der Waals surface area contributed by atoms with Crippen LogP contribution in [-0.4, -0.2) is 35.9 Å². The molecule has 29 heavy (non-hydrogen) atoms. The molecule has 1 rings (SSSR count). The normalized spacial score (nSPS) is 14.9. The van der Waals surface area contributed by atoms with Crippen LogP contribution in [0.15, 0.2) is 24.3 Å². The van der Waals surface area contributed by atoms with Crippen LogP contribution in [0.5, 0.6) is 5.75 Å². The molecule has 164 valence electrons. The van der Waals surface area contributed by atoms with Crippen LogP contribution in [0, 0.1) is 5.92 Å². The molecule has 1 amide bonds. The Morgan fingerprint density at radius 2 is 1.55 bits per heavy atom. The predicted molar refractivity (Wildman–Crippen MR) is 114 cm³/mol. The standard InChI is InChI=1S/C23H37NO5/c1-14(2)20(18-12-10-11-13-19(18)27-15(3)4)17(6)28-21(25)16(5)24-22(26)29-23(7,8)9/h10-17,20H,1-9H3,(H,24,26)/t16-,17-,20+/m0/s1. The molecular weight excluding hydrogens is 370 g/mol. The summed E-state index contributed by atoms with van der Waals surface area (Å²) in [5.74, 6) is 0.451. The Hall–Kier alpha value is -2.24. The van der Waals surface area contributed by atoms with Crippen molar-refractivity contribution in [1.29, 1.82) is 0 Å². The molecule has 0 aliphatic rings. The van der Waals surface area contributed by atoms with Crippen molar-refractivity contribution in [2.75, 3.05) is 0 Å². The largest absolute Gasteiger partial charge is 0.491 e. The van der Waals surface area contributed by atoms with Crippen molar-refractivity contribution >= 4 is 12.1 Å². The third-order valence-corrected chi connectivity index (χ3v) is 4.25. The van der Waals surface area contributed by atoms with E-state index in [9.17, 15) is 9.59 Å². The van der Waals surface area contributed by atoms with Crippen molar-refractivity contribution in [3.8, 4) is 5.75 Å². The molecule has 6 nitrogen and oxygen atoms in total. The van der Waals surface area contributed by atoms with Crippen molar-refractivity contribution in [3.05, 3.63) is 29.8 Å². The predicted octanol–water partition coefficient (Wildman–Crippen LogP) is 5.06. The molecule has 0 saturated carbocycles. The molecule has 0 spiro atoms. The van der Waals surface area contributed by atoms with Gasteiger partial charge in [-0.1, -0.05) is 32.0 Å². The number of nitrogens with one attached hydrogen (secondary N) is 1. The maximum atomic E-state index is 12.6. The highest BCUT2D eigenvalue weighted by Crippen LogP contribution is 2.36. The summed E-state index contributed by atoms with van der Waals surface area (Å²) in [7, 11) is 0. The zero-order valence-electron chi connectivity index (χ0n) is 19.2. The Balaban J connectivity index is 2.90. The third-order valence-electron chi connectivity index (χ3n) is 4.25. The van der Waals surface area contributed by atoms with E-state index >= 15 is 0 Å². The van der Waals surface area contributed by atoms with E-state index in [-0.39, 0.29) is 17.9 Å². The summed E-state index contributed by atoms with van der Waals surface area (Å²) < 4.78 is 16.9. The maximum Gasteiger partial charge on any atom is 0.408 e. The van der Waals surface area contributed by atoms with Crippen LogP contribution in [0.3, 0.4) is 0 Å². The molecule has 1 aromatic carbocycles. The lowest BCUT2D eigenvalue weighted by molar-refractivity contribution is -0.152. The van der Waals surface area contributed by atoms with Gasteiger partial charge in [0.15, 0.2) is 0 Å². The fourth-order valence-corrected chi connectivity index (χ4v) is 3.17. The second kappa shape index (κ2) is 10.5. The molecule has 1 N–H and O–H groups in total. The van der Waals surface area contributed by atoms with Gasteiger partial charge in [0.05, 0.1) is 6.10 Å². The van der Waals surface area contributed by atoms with Crippen LogP contribution in [0.1, 0.15) is 73.8 Å². The molecule has 0 saturated heterocycles. The van der Waals surface area contributed by atoms with E-state index in [0.29, 0.717) is 0 Å². The second-order valence-corrected chi connectivity index (χ2v) is 8.98. The van der Waals surface area contributed by atoms with E-state index in [0.717, 1.165) is 11.3 Å². The summed E-state index contributed by atoms with van der Waals surface area (Å²) in [4.78, 5) is 24.5. The Labute approximate surface area is 175 Å². The minimum Gasteiger partial charge on any atom is -0.491 e. The van der Waals surface area contributed by atoms with Crippen LogP contribution >= 0.6 is 0 Å². The van der Waals surface area contributed by atoms with Crippen LogP contribution in [0.4, 0.5) is 4.79 Å². The molecule has 0 aromatic heterocycles. The maximum absolute atomic E-state index is 12.6. The average Bonchev–Trinajstić information content (AvgIpc) is 2.53. The second-order valence-electron chi connectivity index (χ2n) is 8.98. The number of rotatable bonds is 8. The number of hydrogen-bond donors (Lipinski definition) is 1. The SMILES string of the molecule is CC(C)Oc1ccccc1[C@H](C(C)C)[C@H](C)OC(=O)[C@H](C)NC(=O)OC(C)(C)C. The van der Waals surface area contributed by atoms with Crippen LogP contribution < -0.4 is 10.1 Å². The van der Waals surface area contributed by atoms with Gasteiger partial charge in [-0.3, -0.25) is 0 Å². The lowest BCUT2D eigenvalue weighted by Gasteiger charge is -2.30. The van der Waals surface area contributed by atoms with Gasteiger partial charge in [0.25, 0.3) is 0 Å². The summed E-state index contributed by atoms with van der Waals surface area (Å²) in [5.41, 5.74) is 0.369. The highest BCUT2D eigenvalue weighted by atomic mass is 16.6. The molecule has 0 radical (unpaired) electrons. The van der Waals surface area contributed by atoms with Crippen LogP contribution in [0.2, 0.25) is 0 Å². The number of alkyl carbamates (subject to hydrolysis) is 1. The van der Waals surface area contributed by atoms with E-state index in [1.54, 1.807) is 27.7 Å². The van der Waals surface area contributed by atoms with Crippen LogP contribution in [0.25, 0.3) is 0 Å². The Morgan fingerprint density at radius 1 is 0.966 bits per heavy atom. The molecule has 0 unspecified atom stereocenters. The van der Waals surface area contributed by atoms with E-state index in [2.05, 4.69) is 19.2 Å². The molecule has 3 atom stereocenters. The van der Waals surface area contributed by atoms with Crippen molar-refractivity contribution in [2.24, 2.45) is 5.92 Å². The molecule has 6 heteroatoms. The molecule has 1 aromatic rings.